The molecule has 1 aliphatic heterocycles. The number of carbonyl (C=O) groups is 1. The predicted molar refractivity (Wildman–Crippen MR) is 50.3 cm³/mol. The van der Waals surface area contributed by atoms with Gasteiger partial charge in [-0.2, -0.15) is 10.4 Å². The lowest BCUT2D eigenvalue weighted by atomic mass is 10.3. The van der Waals surface area contributed by atoms with Gasteiger partial charge in [-0.1, -0.05) is 11.8 Å². The molecule has 0 aliphatic carbocycles. The molecule has 1 saturated heterocycles. The van der Waals surface area contributed by atoms with Crippen molar-refractivity contribution in [2.75, 3.05) is 5.75 Å². The second-order valence-electron chi connectivity index (χ2n) is 3.04. The maximum absolute atomic E-state index is 11.3. The number of hydrazine groups is 2. The average molecular weight is 200 g/mol. The normalized spacial score (nSPS) is 22.9. The molecule has 1 amide bonds. The molecule has 5 nitrogen and oxygen atoms in total. The zero-order valence-corrected chi connectivity index (χ0v) is 8.41. The van der Waals surface area contributed by atoms with E-state index in [1.165, 1.54) is 10.1 Å². The second-order valence-corrected chi connectivity index (χ2v) is 4.01. The van der Waals surface area contributed by atoms with Gasteiger partial charge in [-0.25, -0.2) is 5.01 Å². The molecule has 1 aliphatic rings. The summed E-state index contributed by atoms with van der Waals surface area (Å²) in [6, 6.07) is 1.63. The van der Waals surface area contributed by atoms with Crippen LogP contribution in [0.2, 0.25) is 0 Å². The van der Waals surface area contributed by atoms with Crippen LogP contribution in [0, 0.1) is 11.3 Å². The topological polar surface area (TPSA) is 73.4 Å². The summed E-state index contributed by atoms with van der Waals surface area (Å²) in [5.74, 6) is 6.15. The third kappa shape index (κ3) is 1.94. The number of hydrogen-bond donors (Lipinski definition) is 1. The van der Waals surface area contributed by atoms with Gasteiger partial charge in [0, 0.05) is 11.8 Å². The molecule has 0 spiro atoms. The summed E-state index contributed by atoms with van der Waals surface area (Å²) < 4.78 is 0. The number of amides is 1. The van der Waals surface area contributed by atoms with Crippen LogP contribution in [0.1, 0.15) is 13.8 Å². The molecule has 0 radical (unpaired) electrons. The molecule has 1 fully saturated rings. The van der Waals surface area contributed by atoms with Crippen molar-refractivity contribution >= 4 is 17.0 Å². The van der Waals surface area contributed by atoms with Crippen LogP contribution in [0.15, 0.2) is 0 Å². The van der Waals surface area contributed by atoms with Crippen molar-refractivity contribution in [3.05, 3.63) is 0 Å². The van der Waals surface area contributed by atoms with Crippen molar-refractivity contribution in [2.45, 2.75) is 25.9 Å². The molecule has 1 heterocycles. The molecule has 13 heavy (non-hydrogen) atoms. The third-order valence-corrected chi connectivity index (χ3v) is 2.69. The van der Waals surface area contributed by atoms with Crippen LogP contribution < -0.4 is 5.84 Å². The van der Waals surface area contributed by atoms with E-state index >= 15 is 0 Å². The van der Waals surface area contributed by atoms with Gasteiger partial charge in [-0.05, 0) is 13.8 Å². The zero-order valence-electron chi connectivity index (χ0n) is 7.60. The maximum atomic E-state index is 11.3. The predicted octanol–water partition coefficient (Wildman–Crippen LogP) is 0.546. The third-order valence-electron chi connectivity index (χ3n) is 1.77. The van der Waals surface area contributed by atoms with Gasteiger partial charge in [0.2, 0.25) is 0 Å². The highest BCUT2D eigenvalue weighted by molar-refractivity contribution is 8.13. The minimum atomic E-state index is -0.426. The van der Waals surface area contributed by atoms with Crippen molar-refractivity contribution in [1.82, 2.24) is 10.1 Å². The molecule has 72 valence electrons. The van der Waals surface area contributed by atoms with Crippen molar-refractivity contribution in [3.8, 4) is 6.07 Å². The highest BCUT2D eigenvalue weighted by Crippen LogP contribution is 2.24. The first kappa shape index (κ1) is 10.3. The van der Waals surface area contributed by atoms with E-state index in [9.17, 15) is 4.79 Å². The fourth-order valence-electron chi connectivity index (χ4n) is 1.01. The number of thioether (sulfide) groups is 1. The van der Waals surface area contributed by atoms with Gasteiger partial charge in [0.25, 0.3) is 5.24 Å². The SMILES string of the molecule is CC(C)N(N)N1C(=O)SCC1C#N. The Kier molecular flexibility index (Phi) is 3.14. The molecule has 0 saturated carbocycles. The summed E-state index contributed by atoms with van der Waals surface area (Å²) in [6.45, 7) is 3.73. The van der Waals surface area contributed by atoms with Gasteiger partial charge in [0.05, 0.1) is 6.07 Å². The van der Waals surface area contributed by atoms with Crippen LogP contribution in [0.3, 0.4) is 0 Å². The first-order valence-corrected chi connectivity index (χ1v) is 4.96. The van der Waals surface area contributed by atoms with Crippen LogP contribution in [-0.4, -0.2) is 33.2 Å². The van der Waals surface area contributed by atoms with E-state index in [2.05, 4.69) is 0 Å². The van der Waals surface area contributed by atoms with Gasteiger partial charge in [0.15, 0.2) is 0 Å². The highest BCUT2D eigenvalue weighted by Gasteiger charge is 2.36. The minimum Gasteiger partial charge on any atom is -0.260 e. The number of nitrogens with two attached hydrogens (primary N) is 1. The highest BCUT2D eigenvalue weighted by atomic mass is 32.2. The fraction of sp³-hybridized carbons (Fsp3) is 0.714. The Hall–Kier alpha value is -0.770. The van der Waals surface area contributed by atoms with Crippen molar-refractivity contribution in [2.24, 2.45) is 5.84 Å². The summed E-state index contributed by atoms with van der Waals surface area (Å²) in [5.41, 5.74) is 0. The Bertz CT molecular complexity index is 249. The van der Waals surface area contributed by atoms with Gasteiger partial charge in [0.1, 0.15) is 6.04 Å². The molecule has 0 aromatic heterocycles. The summed E-state index contributed by atoms with van der Waals surface area (Å²) in [7, 11) is 0. The van der Waals surface area contributed by atoms with E-state index < -0.39 is 6.04 Å². The lowest BCUT2D eigenvalue weighted by molar-refractivity contribution is -0.0117. The lowest BCUT2D eigenvalue weighted by Gasteiger charge is -2.31. The van der Waals surface area contributed by atoms with Gasteiger partial charge >= 0.3 is 0 Å². The van der Waals surface area contributed by atoms with Crippen molar-refractivity contribution < 1.29 is 4.79 Å². The standard InChI is InChI=1S/C7H12N4OS/c1-5(2)11(9)10-6(3-8)4-13-7(10)12/h5-6H,4,9H2,1-2H3. The summed E-state index contributed by atoms with van der Waals surface area (Å²) in [4.78, 5) is 11.3. The van der Waals surface area contributed by atoms with E-state index in [1.54, 1.807) is 0 Å². The monoisotopic (exact) mass is 200 g/mol. The molecule has 1 rings (SSSR count). The summed E-state index contributed by atoms with van der Waals surface area (Å²) >= 11 is 1.13. The molecule has 0 bridgehead atoms. The van der Waals surface area contributed by atoms with Crippen molar-refractivity contribution in [1.29, 1.82) is 5.26 Å². The Morgan fingerprint density at radius 2 is 2.46 bits per heavy atom. The van der Waals surface area contributed by atoms with Crippen LogP contribution in [0.5, 0.6) is 0 Å². The van der Waals surface area contributed by atoms with Crippen LogP contribution in [0.4, 0.5) is 4.79 Å². The van der Waals surface area contributed by atoms with Gasteiger partial charge in [-0.15, -0.1) is 0 Å². The maximum Gasteiger partial charge on any atom is 0.298 e. The van der Waals surface area contributed by atoms with E-state index in [-0.39, 0.29) is 11.3 Å². The fourth-order valence-corrected chi connectivity index (χ4v) is 1.88. The Morgan fingerprint density at radius 1 is 1.85 bits per heavy atom. The largest absolute Gasteiger partial charge is 0.298 e. The van der Waals surface area contributed by atoms with E-state index in [4.69, 9.17) is 11.1 Å². The summed E-state index contributed by atoms with van der Waals surface area (Å²) in [6.07, 6.45) is 0. The quantitative estimate of drug-likeness (QED) is 0.520. The number of carbonyl (C=O) groups excluding carboxylic acids is 1. The van der Waals surface area contributed by atoms with Crippen molar-refractivity contribution in [3.63, 3.8) is 0 Å². The number of rotatable bonds is 2. The molecular weight excluding hydrogens is 188 g/mol. The Balaban J connectivity index is 2.76. The lowest BCUT2D eigenvalue weighted by Crippen LogP contribution is -2.54. The molecule has 2 N–H and O–H groups in total. The molecule has 0 aromatic carbocycles. The van der Waals surface area contributed by atoms with Gasteiger partial charge < -0.3 is 0 Å². The van der Waals surface area contributed by atoms with E-state index in [0.29, 0.717) is 5.75 Å². The summed E-state index contributed by atoms with van der Waals surface area (Å²) in [5, 5.41) is 11.2. The smallest absolute Gasteiger partial charge is 0.260 e. The molecule has 6 heteroatoms. The molecule has 1 atom stereocenters. The average Bonchev–Trinajstić information content (AvgIpc) is 2.45. The Labute approximate surface area is 81.4 Å². The van der Waals surface area contributed by atoms with Gasteiger partial charge in [-0.3, -0.25) is 10.6 Å². The molecular formula is C7H12N4OS. The number of nitrogens with zero attached hydrogens (tertiary/aromatic N) is 3. The number of nitriles is 1. The van der Waals surface area contributed by atoms with E-state index in [1.807, 2.05) is 19.9 Å². The van der Waals surface area contributed by atoms with Crippen LogP contribution in [-0.2, 0) is 0 Å². The number of hydrogen-bond acceptors (Lipinski definition) is 5. The second kappa shape index (κ2) is 3.96. The minimum absolute atomic E-state index is 0.0125. The first-order chi connectivity index (χ1) is 6.07. The van der Waals surface area contributed by atoms with Crippen LogP contribution in [0.25, 0.3) is 0 Å². The van der Waals surface area contributed by atoms with Crippen LogP contribution >= 0.6 is 11.8 Å². The molecule has 0 aromatic rings. The Morgan fingerprint density at radius 3 is 2.92 bits per heavy atom. The zero-order chi connectivity index (χ0) is 10.0. The molecule has 1 unspecified atom stereocenters. The van der Waals surface area contributed by atoms with E-state index in [0.717, 1.165) is 11.8 Å². The first-order valence-electron chi connectivity index (χ1n) is 3.97.